The average Bonchev–Trinajstić information content (AvgIpc) is 3.20. The van der Waals surface area contributed by atoms with Crippen molar-refractivity contribution in [3.8, 4) is 0 Å². The maximum atomic E-state index is 12.7. The summed E-state index contributed by atoms with van der Waals surface area (Å²) >= 11 is 1.73. The van der Waals surface area contributed by atoms with Crippen LogP contribution in [-0.4, -0.2) is 20.7 Å². The molecular weight excluding hydrogens is 308 g/mol. The molecule has 0 bridgehead atoms. The molecule has 0 aromatic carbocycles. The van der Waals surface area contributed by atoms with Crippen molar-refractivity contribution in [1.82, 2.24) is 20.1 Å². The molecule has 0 saturated carbocycles. The Balaban J connectivity index is 1.52. The predicted octanol–water partition coefficient (Wildman–Crippen LogP) is 2.90. The Morgan fingerprint density at radius 2 is 2.30 bits per heavy atom. The second-order valence-corrected chi connectivity index (χ2v) is 7.79. The topological polar surface area (TPSA) is 59.8 Å². The highest BCUT2D eigenvalue weighted by Crippen LogP contribution is 2.33. The molecule has 1 amide bonds. The number of thiophene rings is 1. The first kappa shape index (κ1) is 14.9. The number of nitrogens with one attached hydrogen (secondary N) is 1. The Morgan fingerprint density at radius 3 is 3.17 bits per heavy atom. The number of amides is 1. The third-order valence-corrected chi connectivity index (χ3v) is 6.07. The van der Waals surface area contributed by atoms with Crippen molar-refractivity contribution >= 4 is 17.2 Å². The number of carbonyl (C=O) groups excluding carboxylic acids is 1. The van der Waals surface area contributed by atoms with E-state index in [2.05, 4.69) is 27.0 Å². The molecule has 1 aliphatic carbocycles. The summed E-state index contributed by atoms with van der Waals surface area (Å²) in [5.74, 6) is 2.68. The molecule has 0 unspecified atom stereocenters. The van der Waals surface area contributed by atoms with E-state index in [-0.39, 0.29) is 11.9 Å². The second kappa shape index (κ2) is 5.74. The van der Waals surface area contributed by atoms with Crippen molar-refractivity contribution in [2.75, 3.05) is 0 Å². The summed E-state index contributed by atoms with van der Waals surface area (Å²) in [6.45, 7) is 5.24. The van der Waals surface area contributed by atoms with E-state index in [1.165, 1.54) is 16.9 Å². The zero-order valence-electron chi connectivity index (χ0n) is 13.6. The number of hydrogen-bond donors (Lipinski definition) is 1. The van der Waals surface area contributed by atoms with Crippen LogP contribution in [0.3, 0.4) is 0 Å². The third kappa shape index (κ3) is 2.59. The smallest absolute Gasteiger partial charge is 0.252 e. The summed E-state index contributed by atoms with van der Waals surface area (Å²) in [5.41, 5.74) is 2.13. The van der Waals surface area contributed by atoms with Crippen LogP contribution in [0.5, 0.6) is 0 Å². The van der Waals surface area contributed by atoms with Crippen LogP contribution in [0.4, 0.5) is 0 Å². The molecule has 2 atom stereocenters. The van der Waals surface area contributed by atoms with Gasteiger partial charge in [0.05, 0.1) is 11.6 Å². The van der Waals surface area contributed by atoms with E-state index in [1.807, 2.05) is 12.3 Å². The summed E-state index contributed by atoms with van der Waals surface area (Å²) in [5, 5.41) is 13.6. The lowest BCUT2D eigenvalue weighted by Crippen LogP contribution is -2.29. The van der Waals surface area contributed by atoms with E-state index in [1.54, 1.807) is 11.3 Å². The lowest BCUT2D eigenvalue weighted by atomic mass is 9.88. The van der Waals surface area contributed by atoms with Crippen LogP contribution in [0.1, 0.15) is 65.2 Å². The van der Waals surface area contributed by atoms with E-state index >= 15 is 0 Å². The SMILES string of the molecule is C[C@@H]1CCc2c(C(=O)N[C@@H](C)c3nnc4n3CCC4)csc2C1. The van der Waals surface area contributed by atoms with Gasteiger partial charge in [-0.25, -0.2) is 0 Å². The summed E-state index contributed by atoms with van der Waals surface area (Å²) in [6, 6.07) is -0.111. The molecule has 3 heterocycles. The highest BCUT2D eigenvalue weighted by molar-refractivity contribution is 7.10. The molecule has 0 fully saturated rings. The second-order valence-electron chi connectivity index (χ2n) is 6.82. The van der Waals surface area contributed by atoms with Gasteiger partial charge in [0.25, 0.3) is 5.91 Å². The number of hydrogen-bond acceptors (Lipinski definition) is 4. The number of rotatable bonds is 3. The number of fused-ring (bicyclic) bond motifs is 2. The third-order valence-electron chi connectivity index (χ3n) is 5.02. The van der Waals surface area contributed by atoms with Gasteiger partial charge < -0.3 is 9.88 Å². The number of nitrogens with zero attached hydrogens (tertiary/aromatic N) is 3. The zero-order chi connectivity index (χ0) is 16.0. The molecule has 2 aromatic rings. The summed E-state index contributed by atoms with van der Waals surface area (Å²) < 4.78 is 2.15. The van der Waals surface area contributed by atoms with E-state index in [0.29, 0.717) is 0 Å². The van der Waals surface area contributed by atoms with Gasteiger partial charge in [0.2, 0.25) is 0 Å². The Kier molecular flexibility index (Phi) is 3.71. The molecule has 2 aromatic heterocycles. The first-order valence-electron chi connectivity index (χ1n) is 8.45. The van der Waals surface area contributed by atoms with Crippen LogP contribution < -0.4 is 5.32 Å². The fraction of sp³-hybridized carbons (Fsp3) is 0.588. The maximum Gasteiger partial charge on any atom is 0.252 e. The van der Waals surface area contributed by atoms with Gasteiger partial charge in [0.1, 0.15) is 5.82 Å². The lowest BCUT2D eigenvalue weighted by Gasteiger charge is -2.19. The highest BCUT2D eigenvalue weighted by atomic mass is 32.1. The quantitative estimate of drug-likeness (QED) is 0.941. The van der Waals surface area contributed by atoms with Crippen molar-refractivity contribution < 1.29 is 4.79 Å². The van der Waals surface area contributed by atoms with Gasteiger partial charge in [-0.3, -0.25) is 4.79 Å². The van der Waals surface area contributed by atoms with Crippen molar-refractivity contribution in [3.63, 3.8) is 0 Å². The van der Waals surface area contributed by atoms with Gasteiger partial charge in [-0.1, -0.05) is 6.92 Å². The number of aromatic nitrogens is 3. The van der Waals surface area contributed by atoms with E-state index in [0.717, 1.165) is 55.4 Å². The monoisotopic (exact) mass is 330 g/mol. The fourth-order valence-corrected chi connectivity index (χ4v) is 4.94. The maximum absolute atomic E-state index is 12.7. The molecule has 0 radical (unpaired) electrons. The summed E-state index contributed by atoms with van der Waals surface area (Å²) in [6.07, 6.45) is 5.42. The molecule has 6 heteroatoms. The molecule has 2 aliphatic rings. The Labute approximate surface area is 140 Å². The molecule has 23 heavy (non-hydrogen) atoms. The zero-order valence-corrected chi connectivity index (χ0v) is 14.4. The average molecular weight is 330 g/mol. The van der Waals surface area contributed by atoms with Crippen molar-refractivity contribution in [2.24, 2.45) is 5.92 Å². The molecule has 122 valence electrons. The van der Waals surface area contributed by atoms with Gasteiger partial charge in [0.15, 0.2) is 5.82 Å². The van der Waals surface area contributed by atoms with Crippen LogP contribution in [0, 0.1) is 5.92 Å². The first-order valence-corrected chi connectivity index (χ1v) is 9.33. The molecule has 1 aliphatic heterocycles. The lowest BCUT2D eigenvalue weighted by molar-refractivity contribution is 0.0936. The van der Waals surface area contributed by atoms with Crippen LogP contribution in [0.2, 0.25) is 0 Å². The van der Waals surface area contributed by atoms with E-state index in [9.17, 15) is 4.79 Å². The van der Waals surface area contributed by atoms with Crippen molar-refractivity contribution in [1.29, 1.82) is 0 Å². The molecular formula is C17H22N4OS. The van der Waals surface area contributed by atoms with E-state index in [4.69, 9.17) is 0 Å². The first-order chi connectivity index (χ1) is 11.1. The standard InChI is InChI=1S/C17H22N4OS/c1-10-5-6-12-13(9-23-14(12)8-10)17(22)18-11(2)16-20-19-15-4-3-7-21(15)16/h9-11H,3-8H2,1-2H3,(H,18,22)/t10-,11+/m1/s1. The number of aryl methyl sites for hydroxylation is 1. The largest absolute Gasteiger partial charge is 0.342 e. The minimum atomic E-state index is -0.111. The van der Waals surface area contributed by atoms with Gasteiger partial charge in [0, 0.05) is 23.2 Å². The molecule has 5 nitrogen and oxygen atoms in total. The number of carbonyl (C=O) groups is 1. The molecule has 1 N–H and O–H groups in total. The van der Waals surface area contributed by atoms with Gasteiger partial charge >= 0.3 is 0 Å². The van der Waals surface area contributed by atoms with Crippen LogP contribution in [0.15, 0.2) is 5.38 Å². The predicted molar refractivity (Wildman–Crippen MR) is 89.7 cm³/mol. The Bertz CT molecular complexity index is 748. The molecule has 0 spiro atoms. The molecule has 0 saturated heterocycles. The van der Waals surface area contributed by atoms with Gasteiger partial charge in [-0.05, 0) is 44.1 Å². The summed E-state index contributed by atoms with van der Waals surface area (Å²) in [7, 11) is 0. The van der Waals surface area contributed by atoms with Crippen molar-refractivity contribution in [2.45, 2.75) is 58.5 Å². The van der Waals surface area contributed by atoms with Crippen LogP contribution in [0.25, 0.3) is 0 Å². The van der Waals surface area contributed by atoms with Gasteiger partial charge in [-0.15, -0.1) is 21.5 Å². The molecule has 4 rings (SSSR count). The van der Waals surface area contributed by atoms with Crippen LogP contribution >= 0.6 is 11.3 Å². The van der Waals surface area contributed by atoms with Crippen LogP contribution in [-0.2, 0) is 25.8 Å². The van der Waals surface area contributed by atoms with E-state index < -0.39 is 0 Å². The Morgan fingerprint density at radius 1 is 1.43 bits per heavy atom. The highest BCUT2D eigenvalue weighted by Gasteiger charge is 2.26. The van der Waals surface area contributed by atoms with Gasteiger partial charge in [-0.2, -0.15) is 0 Å². The minimum absolute atomic E-state index is 0.0277. The normalized spacial score (nSPS) is 20.9. The minimum Gasteiger partial charge on any atom is -0.342 e. The fourth-order valence-electron chi connectivity index (χ4n) is 3.70. The van der Waals surface area contributed by atoms with Crippen molar-refractivity contribution in [3.05, 3.63) is 33.0 Å². The summed E-state index contributed by atoms with van der Waals surface area (Å²) in [4.78, 5) is 14.1. The Hall–Kier alpha value is -1.69.